The third-order valence-electron chi connectivity index (χ3n) is 5.64. The quantitative estimate of drug-likeness (QED) is 0.223. The van der Waals surface area contributed by atoms with Gasteiger partial charge < -0.3 is 10.1 Å². The van der Waals surface area contributed by atoms with Gasteiger partial charge in [0.2, 0.25) is 11.8 Å². The summed E-state index contributed by atoms with van der Waals surface area (Å²) in [6.07, 6.45) is 1.57. The number of methoxy groups -OCH3 is 1. The number of nitrogens with zero attached hydrogens (tertiary/aromatic N) is 1. The molecule has 11 heteroatoms. The molecule has 35 heavy (non-hydrogen) atoms. The van der Waals surface area contributed by atoms with Crippen LogP contribution >= 0.6 is 62.3 Å². The molecule has 2 atom stereocenters. The largest absolute Gasteiger partial charge is 0.481 e. The molecule has 0 spiro atoms. The zero-order chi connectivity index (χ0) is 25.5. The molecule has 0 radical (unpaired) electrons. The maximum absolute atomic E-state index is 13.5. The molecule has 1 fully saturated rings. The lowest BCUT2D eigenvalue weighted by atomic mass is 10.0. The fourth-order valence-corrected chi connectivity index (χ4v) is 5.38. The van der Waals surface area contributed by atoms with E-state index < -0.39 is 27.9 Å². The SMILES string of the molecule is COc1cc(CC(=O)c2cc(NC(=O)C3C(c4ccc(F)c(Cl)c4)C3(Cl)Cl)ccc2Cl)c(Br)cn1. The Morgan fingerprint density at radius 2 is 1.89 bits per heavy atom. The molecule has 1 amide bonds. The number of ketones is 1. The van der Waals surface area contributed by atoms with E-state index in [1.165, 1.54) is 37.4 Å². The average molecular weight is 621 g/mol. The van der Waals surface area contributed by atoms with E-state index in [9.17, 15) is 14.0 Å². The van der Waals surface area contributed by atoms with Crippen LogP contribution in [0, 0.1) is 11.7 Å². The Morgan fingerprint density at radius 1 is 1.14 bits per heavy atom. The van der Waals surface area contributed by atoms with E-state index in [1.807, 2.05) is 0 Å². The highest BCUT2D eigenvalue weighted by Crippen LogP contribution is 2.65. The maximum Gasteiger partial charge on any atom is 0.231 e. The number of hydrogen-bond acceptors (Lipinski definition) is 4. The molecular formula is C24H16BrCl4FN2O3. The minimum Gasteiger partial charge on any atom is -0.481 e. The summed E-state index contributed by atoms with van der Waals surface area (Å²) in [4.78, 5) is 30.0. The second-order valence-corrected chi connectivity index (χ2v) is 11.0. The highest BCUT2D eigenvalue weighted by Gasteiger charge is 2.67. The summed E-state index contributed by atoms with van der Waals surface area (Å²) < 4.78 is 17.9. The molecule has 0 aliphatic heterocycles. The summed E-state index contributed by atoms with van der Waals surface area (Å²) in [6, 6.07) is 10.3. The Morgan fingerprint density at radius 3 is 2.57 bits per heavy atom. The number of amides is 1. The highest BCUT2D eigenvalue weighted by atomic mass is 79.9. The second kappa shape index (κ2) is 10.2. The van der Waals surface area contributed by atoms with E-state index in [2.05, 4.69) is 26.2 Å². The lowest BCUT2D eigenvalue weighted by Gasteiger charge is -2.10. The Balaban J connectivity index is 1.51. The number of ether oxygens (including phenoxy) is 1. The van der Waals surface area contributed by atoms with Gasteiger partial charge in [0.05, 0.1) is 23.1 Å². The molecule has 1 heterocycles. The fraction of sp³-hybridized carbons (Fsp3) is 0.208. The summed E-state index contributed by atoms with van der Waals surface area (Å²) >= 11 is 28.3. The van der Waals surface area contributed by atoms with Crippen LogP contribution in [0.15, 0.2) is 53.1 Å². The van der Waals surface area contributed by atoms with E-state index in [1.54, 1.807) is 18.3 Å². The van der Waals surface area contributed by atoms with Crippen molar-refractivity contribution < 1.29 is 18.7 Å². The van der Waals surface area contributed by atoms with E-state index in [0.717, 1.165) is 0 Å². The summed E-state index contributed by atoms with van der Waals surface area (Å²) in [5, 5.41) is 2.89. The highest BCUT2D eigenvalue weighted by molar-refractivity contribution is 9.10. The van der Waals surface area contributed by atoms with E-state index in [0.29, 0.717) is 27.2 Å². The predicted molar refractivity (Wildman–Crippen MR) is 139 cm³/mol. The third kappa shape index (κ3) is 5.44. The predicted octanol–water partition coefficient (Wildman–Crippen LogP) is 7.25. The summed E-state index contributed by atoms with van der Waals surface area (Å²) in [6.45, 7) is 0. The molecule has 0 saturated heterocycles. The molecule has 1 aromatic heterocycles. The number of carbonyl (C=O) groups is 2. The maximum atomic E-state index is 13.5. The lowest BCUT2D eigenvalue weighted by molar-refractivity contribution is -0.117. The number of benzene rings is 2. The van der Waals surface area contributed by atoms with Crippen LogP contribution in [0.3, 0.4) is 0 Å². The van der Waals surface area contributed by atoms with Crippen molar-refractivity contribution in [1.29, 1.82) is 0 Å². The first-order valence-corrected chi connectivity index (χ1v) is 12.5. The van der Waals surface area contributed by atoms with Gasteiger partial charge in [-0.15, -0.1) is 23.2 Å². The van der Waals surface area contributed by atoms with Crippen molar-refractivity contribution in [2.45, 2.75) is 16.7 Å². The van der Waals surface area contributed by atoms with Crippen molar-refractivity contribution in [3.05, 3.63) is 85.7 Å². The monoisotopic (exact) mass is 618 g/mol. The number of hydrogen-bond donors (Lipinski definition) is 1. The van der Waals surface area contributed by atoms with Crippen LogP contribution in [0.4, 0.5) is 10.1 Å². The van der Waals surface area contributed by atoms with Crippen molar-refractivity contribution in [1.82, 2.24) is 4.98 Å². The molecule has 1 aliphatic rings. The number of alkyl halides is 2. The van der Waals surface area contributed by atoms with Crippen molar-refractivity contribution >= 4 is 79.7 Å². The van der Waals surface area contributed by atoms with Gasteiger partial charge in [0.15, 0.2) is 5.78 Å². The van der Waals surface area contributed by atoms with Gasteiger partial charge in [-0.05, 0) is 57.4 Å². The van der Waals surface area contributed by atoms with Crippen molar-refractivity contribution in [2.24, 2.45) is 5.92 Å². The molecule has 2 aromatic carbocycles. The molecule has 5 nitrogen and oxygen atoms in total. The van der Waals surface area contributed by atoms with Crippen molar-refractivity contribution in [3.8, 4) is 5.88 Å². The molecule has 3 aromatic rings. The van der Waals surface area contributed by atoms with Gasteiger partial charge in [-0.2, -0.15) is 0 Å². The molecule has 1 saturated carbocycles. The first kappa shape index (κ1) is 26.2. The minimum atomic E-state index is -1.39. The van der Waals surface area contributed by atoms with E-state index in [4.69, 9.17) is 51.1 Å². The first-order chi connectivity index (χ1) is 16.5. The Bertz CT molecular complexity index is 1340. The van der Waals surface area contributed by atoms with Gasteiger partial charge >= 0.3 is 0 Å². The molecular weight excluding hydrogens is 605 g/mol. The minimum absolute atomic E-state index is 0.0269. The first-order valence-electron chi connectivity index (χ1n) is 10.2. The fourth-order valence-electron chi connectivity index (χ4n) is 3.78. The lowest BCUT2D eigenvalue weighted by Crippen LogP contribution is -2.17. The normalized spacial score (nSPS) is 18.1. The number of anilines is 1. The van der Waals surface area contributed by atoms with Gasteiger partial charge in [0.1, 0.15) is 10.2 Å². The second-order valence-electron chi connectivity index (χ2n) is 7.91. The Kier molecular flexibility index (Phi) is 7.65. The molecule has 2 unspecified atom stereocenters. The standard InChI is InChI=1S/C24H16BrCl4FN2O3/c1-35-20-8-12(15(25)10-31-20)7-19(33)14-9-13(3-4-16(14)26)32-23(34)22-21(24(22,28)29)11-2-5-18(30)17(27)6-11/h2-6,8-10,21-22H,7H2,1H3,(H,32,34). The molecule has 1 aliphatic carbocycles. The molecule has 182 valence electrons. The van der Waals surface area contributed by atoms with Gasteiger partial charge in [-0.3, -0.25) is 9.59 Å². The Labute approximate surface area is 229 Å². The Hall–Kier alpha value is -1.90. The number of carbonyl (C=O) groups excluding carboxylic acids is 2. The van der Waals surface area contributed by atoms with Gasteiger partial charge in [-0.1, -0.05) is 29.3 Å². The average Bonchev–Trinajstić information content (AvgIpc) is 3.40. The van der Waals surface area contributed by atoms with Crippen LogP contribution in [-0.2, 0) is 11.2 Å². The number of aromatic nitrogens is 1. The summed E-state index contributed by atoms with van der Waals surface area (Å²) in [5.41, 5.74) is 1.79. The third-order valence-corrected chi connectivity index (χ3v) is 7.92. The smallest absolute Gasteiger partial charge is 0.231 e. The van der Waals surface area contributed by atoms with Crippen LogP contribution in [0.5, 0.6) is 5.88 Å². The van der Waals surface area contributed by atoms with E-state index >= 15 is 0 Å². The number of pyridine rings is 1. The molecule has 1 N–H and O–H groups in total. The van der Waals surface area contributed by atoms with Crippen LogP contribution in [-0.4, -0.2) is 28.1 Å². The summed E-state index contributed by atoms with van der Waals surface area (Å²) in [5.74, 6) is -2.31. The summed E-state index contributed by atoms with van der Waals surface area (Å²) in [7, 11) is 1.48. The molecule has 0 bridgehead atoms. The van der Waals surface area contributed by atoms with E-state index in [-0.39, 0.29) is 27.8 Å². The number of rotatable bonds is 7. The van der Waals surface area contributed by atoms with Gasteiger partial charge in [-0.25, -0.2) is 9.37 Å². The van der Waals surface area contributed by atoms with Crippen LogP contribution in [0.2, 0.25) is 10.0 Å². The topological polar surface area (TPSA) is 68.3 Å². The zero-order valence-corrected chi connectivity index (χ0v) is 22.5. The van der Waals surface area contributed by atoms with Crippen LogP contribution < -0.4 is 10.1 Å². The number of halogens is 6. The van der Waals surface area contributed by atoms with Crippen molar-refractivity contribution in [3.63, 3.8) is 0 Å². The van der Waals surface area contributed by atoms with Crippen LogP contribution in [0.25, 0.3) is 0 Å². The number of nitrogens with one attached hydrogen (secondary N) is 1. The van der Waals surface area contributed by atoms with Crippen molar-refractivity contribution in [2.75, 3.05) is 12.4 Å². The molecule has 4 rings (SSSR count). The zero-order valence-electron chi connectivity index (χ0n) is 17.9. The van der Waals surface area contributed by atoms with Crippen LogP contribution in [0.1, 0.15) is 27.4 Å². The van der Waals surface area contributed by atoms with Gasteiger partial charge in [0.25, 0.3) is 0 Å². The number of Topliss-reactive ketones (excluding diaryl/α,β-unsaturated/α-hetero) is 1. The van der Waals surface area contributed by atoms with Gasteiger partial charge in [0, 0.05) is 40.3 Å².